The van der Waals surface area contributed by atoms with Crippen molar-refractivity contribution in [2.75, 3.05) is 37.6 Å². The highest BCUT2D eigenvalue weighted by Crippen LogP contribution is 2.37. The van der Waals surface area contributed by atoms with Gasteiger partial charge in [-0.05, 0) is 29.3 Å². The molecule has 0 spiro atoms. The van der Waals surface area contributed by atoms with Gasteiger partial charge in [-0.15, -0.1) is 11.3 Å². The van der Waals surface area contributed by atoms with Gasteiger partial charge in [0.15, 0.2) is 0 Å². The summed E-state index contributed by atoms with van der Waals surface area (Å²) in [5.74, 6) is 0.768. The molecule has 2 aromatic heterocycles. The Morgan fingerprint density at radius 2 is 1.77 bits per heavy atom. The molecule has 1 N–H and O–H groups in total. The fourth-order valence-electron chi connectivity index (χ4n) is 4.11. The summed E-state index contributed by atoms with van der Waals surface area (Å²) in [7, 11) is 0. The highest BCUT2D eigenvalue weighted by molar-refractivity contribution is 7.17. The van der Waals surface area contributed by atoms with Gasteiger partial charge in [-0.25, -0.2) is 14.4 Å². The molecule has 0 bridgehead atoms. The molecule has 2 aromatic carbocycles. The predicted octanol–water partition coefficient (Wildman–Crippen LogP) is 3.92. The maximum Gasteiger partial charge on any atom is 0.141 e. The third-order valence-electron chi connectivity index (χ3n) is 5.79. The van der Waals surface area contributed by atoms with Crippen molar-refractivity contribution >= 4 is 33.4 Å². The monoisotopic (exact) mass is 431 g/mol. The first-order valence-electron chi connectivity index (χ1n) is 10.6. The van der Waals surface area contributed by atoms with E-state index in [9.17, 15) is 4.39 Å². The van der Waals surface area contributed by atoms with Crippen molar-refractivity contribution in [1.82, 2.24) is 9.97 Å². The first-order chi connectivity index (χ1) is 15.3. The average molecular weight is 432 g/mol. The predicted molar refractivity (Wildman–Crippen MR) is 126 cm³/mol. The van der Waals surface area contributed by atoms with E-state index in [1.807, 2.05) is 18.2 Å². The lowest BCUT2D eigenvalue weighted by Crippen LogP contribution is -3.14. The number of thiophene rings is 1. The van der Waals surface area contributed by atoms with Crippen molar-refractivity contribution in [3.63, 3.8) is 0 Å². The molecule has 0 saturated carbocycles. The summed E-state index contributed by atoms with van der Waals surface area (Å²) in [6.45, 7) is 5.08. The zero-order chi connectivity index (χ0) is 21.0. The van der Waals surface area contributed by atoms with E-state index < -0.39 is 0 Å². The lowest BCUT2D eigenvalue weighted by atomic mass is 10.1. The largest absolute Gasteiger partial charge is 0.345 e. The molecule has 0 aliphatic carbocycles. The molecule has 0 atom stereocenters. The topological polar surface area (TPSA) is 33.5 Å². The molecule has 0 amide bonds. The second-order valence-electron chi connectivity index (χ2n) is 7.79. The highest BCUT2D eigenvalue weighted by Gasteiger charge is 2.23. The van der Waals surface area contributed by atoms with Crippen LogP contribution in [0.15, 0.2) is 72.4 Å². The molecule has 1 aliphatic rings. The van der Waals surface area contributed by atoms with E-state index in [4.69, 9.17) is 0 Å². The Labute approximate surface area is 185 Å². The second-order valence-corrected chi connectivity index (χ2v) is 8.65. The summed E-state index contributed by atoms with van der Waals surface area (Å²) in [6, 6.07) is 17.1. The van der Waals surface area contributed by atoms with Gasteiger partial charge >= 0.3 is 0 Å². The van der Waals surface area contributed by atoms with Crippen LogP contribution in [0.4, 0.5) is 10.2 Å². The number of aromatic nitrogens is 2. The molecule has 3 heterocycles. The van der Waals surface area contributed by atoms with E-state index in [-0.39, 0.29) is 5.82 Å². The molecule has 0 unspecified atom stereocenters. The van der Waals surface area contributed by atoms with Gasteiger partial charge in [-0.2, -0.15) is 0 Å². The Bertz CT molecular complexity index is 1180. The lowest BCUT2D eigenvalue weighted by molar-refractivity contribution is -0.894. The number of quaternary nitrogens is 1. The number of hydrogen-bond acceptors (Lipinski definition) is 4. The van der Waals surface area contributed by atoms with Gasteiger partial charge in [0.2, 0.25) is 0 Å². The van der Waals surface area contributed by atoms with Crippen molar-refractivity contribution in [3.05, 3.63) is 83.8 Å². The fraction of sp³-hybridized carbons (Fsp3) is 0.200. The fourth-order valence-corrected chi connectivity index (χ4v) is 5.02. The van der Waals surface area contributed by atoms with Gasteiger partial charge in [0.1, 0.15) is 22.8 Å². The molecule has 1 aliphatic heterocycles. The standard InChI is InChI=1S/C25H23FN4S/c26-21-10-8-20(9-11-21)22-17-31-25-23(22)24(27-18-28-25)30-15-13-29(14-16-30)12-4-7-19-5-2-1-3-6-19/h1-11,17-18H,12-16H2/p+1/b7-4+. The van der Waals surface area contributed by atoms with Gasteiger partial charge < -0.3 is 9.80 Å². The summed E-state index contributed by atoms with van der Waals surface area (Å²) in [5, 5.41) is 3.18. The lowest BCUT2D eigenvalue weighted by Gasteiger charge is -2.32. The van der Waals surface area contributed by atoms with E-state index in [1.54, 1.807) is 22.6 Å². The van der Waals surface area contributed by atoms with Crippen LogP contribution in [-0.4, -0.2) is 42.7 Å². The molecule has 5 rings (SSSR count). The van der Waals surface area contributed by atoms with Crippen LogP contribution in [-0.2, 0) is 0 Å². The Hall–Kier alpha value is -3.09. The Balaban J connectivity index is 1.31. The molecular weight excluding hydrogens is 407 g/mol. The van der Waals surface area contributed by atoms with Crippen LogP contribution >= 0.6 is 11.3 Å². The van der Waals surface area contributed by atoms with Crippen LogP contribution < -0.4 is 9.80 Å². The minimum Gasteiger partial charge on any atom is -0.345 e. The van der Waals surface area contributed by atoms with Gasteiger partial charge in [-0.1, -0.05) is 48.5 Å². The molecule has 1 fully saturated rings. The molecule has 4 aromatic rings. The number of benzene rings is 2. The van der Waals surface area contributed by atoms with Crippen molar-refractivity contribution in [3.8, 4) is 11.1 Å². The van der Waals surface area contributed by atoms with Crippen LogP contribution in [0.25, 0.3) is 27.4 Å². The Morgan fingerprint density at radius 3 is 2.55 bits per heavy atom. The van der Waals surface area contributed by atoms with Crippen molar-refractivity contribution < 1.29 is 9.29 Å². The second kappa shape index (κ2) is 8.96. The number of piperazine rings is 1. The first kappa shape index (κ1) is 19.8. The number of halogens is 1. The van der Waals surface area contributed by atoms with Crippen LogP contribution in [0.3, 0.4) is 0 Å². The quantitative estimate of drug-likeness (QED) is 0.520. The van der Waals surface area contributed by atoms with E-state index in [0.29, 0.717) is 0 Å². The van der Waals surface area contributed by atoms with Gasteiger partial charge in [0, 0.05) is 10.9 Å². The summed E-state index contributed by atoms with van der Waals surface area (Å²) in [5.41, 5.74) is 3.32. The van der Waals surface area contributed by atoms with Crippen molar-refractivity contribution in [2.45, 2.75) is 0 Å². The summed E-state index contributed by atoms with van der Waals surface area (Å²) in [6.07, 6.45) is 6.13. The number of nitrogens with one attached hydrogen (secondary N) is 1. The van der Waals surface area contributed by atoms with Crippen LogP contribution in [0.5, 0.6) is 0 Å². The SMILES string of the molecule is Fc1ccc(-c2csc3ncnc(N4CC[NH+](C/C=C/c5ccccc5)CC4)c23)cc1. The third kappa shape index (κ3) is 4.36. The van der Waals surface area contributed by atoms with Gasteiger partial charge in [-0.3, -0.25) is 0 Å². The first-order valence-corrected chi connectivity index (χ1v) is 11.4. The number of hydrogen-bond donors (Lipinski definition) is 1. The molecule has 1 saturated heterocycles. The van der Waals surface area contributed by atoms with E-state index in [1.165, 1.54) is 17.7 Å². The van der Waals surface area contributed by atoms with Crippen LogP contribution in [0.2, 0.25) is 0 Å². The minimum atomic E-state index is -0.222. The zero-order valence-electron chi connectivity index (χ0n) is 17.2. The third-order valence-corrected chi connectivity index (χ3v) is 6.68. The molecule has 4 nitrogen and oxygen atoms in total. The maximum atomic E-state index is 13.4. The molecular formula is C25H24FN4S+. The van der Waals surface area contributed by atoms with E-state index >= 15 is 0 Å². The summed E-state index contributed by atoms with van der Waals surface area (Å²) in [4.78, 5) is 14.1. The number of rotatable bonds is 5. The van der Waals surface area contributed by atoms with Crippen LogP contribution in [0.1, 0.15) is 5.56 Å². The van der Waals surface area contributed by atoms with Gasteiger partial charge in [0.05, 0.1) is 38.1 Å². The van der Waals surface area contributed by atoms with Crippen LogP contribution in [0, 0.1) is 5.82 Å². The average Bonchev–Trinajstić information content (AvgIpc) is 3.25. The minimum absolute atomic E-state index is 0.222. The molecule has 31 heavy (non-hydrogen) atoms. The number of nitrogens with zero attached hydrogens (tertiary/aromatic N) is 3. The summed E-state index contributed by atoms with van der Waals surface area (Å²) >= 11 is 1.61. The van der Waals surface area contributed by atoms with Crippen molar-refractivity contribution in [1.29, 1.82) is 0 Å². The smallest absolute Gasteiger partial charge is 0.141 e. The normalized spacial score (nSPS) is 15.2. The Morgan fingerprint density at radius 1 is 1.00 bits per heavy atom. The summed E-state index contributed by atoms with van der Waals surface area (Å²) < 4.78 is 13.4. The number of anilines is 1. The zero-order valence-corrected chi connectivity index (χ0v) is 18.0. The van der Waals surface area contributed by atoms with E-state index in [0.717, 1.165) is 59.9 Å². The number of fused-ring (bicyclic) bond motifs is 1. The molecule has 0 radical (unpaired) electrons. The molecule has 156 valence electrons. The highest BCUT2D eigenvalue weighted by atomic mass is 32.1. The van der Waals surface area contributed by atoms with E-state index in [2.05, 4.69) is 56.7 Å². The Kier molecular flexibility index (Phi) is 5.74. The van der Waals surface area contributed by atoms with Gasteiger partial charge in [0.25, 0.3) is 0 Å². The maximum absolute atomic E-state index is 13.4. The molecule has 6 heteroatoms. The van der Waals surface area contributed by atoms with Crippen molar-refractivity contribution in [2.24, 2.45) is 0 Å².